The van der Waals surface area contributed by atoms with E-state index in [0.29, 0.717) is 12.5 Å². The monoisotopic (exact) mass is 212 g/mol. The third-order valence-corrected chi connectivity index (χ3v) is 2.65. The topological polar surface area (TPSA) is 55.6 Å². The number of esters is 1. The van der Waals surface area contributed by atoms with E-state index in [0.717, 1.165) is 19.6 Å². The number of hydrogen-bond acceptors (Lipinski definition) is 4. The van der Waals surface area contributed by atoms with Crippen molar-refractivity contribution in [3.8, 4) is 0 Å². The Bertz CT molecular complexity index is 231. The number of ether oxygens (including phenoxy) is 1. The van der Waals surface area contributed by atoms with E-state index in [2.05, 4.69) is 11.8 Å². The van der Waals surface area contributed by atoms with Crippen LogP contribution in [0.2, 0.25) is 0 Å². The van der Waals surface area contributed by atoms with Gasteiger partial charge < -0.3 is 10.5 Å². The maximum Gasteiger partial charge on any atom is 0.330 e. The molecule has 1 aliphatic heterocycles. The van der Waals surface area contributed by atoms with Gasteiger partial charge in [0.15, 0.2) is 0 Å². The second-order valence-corrected chi connectivity index (χ2v) is 4.01. The average Bonchev–Trinajstić information content (AvgIpc) is 2.46. The molecule has 2 atom stereocenters. The fourth-order valence-corrected chi connectivity index (χ4v) is 1.73. The van der Waals surface area contributed by atoms with E-state index in [-0.39, 0.29) is 12.0 Å². The first-order valence-electron chi connectivity index (χ1n) is 5.44. The Kier molecular flexibility index (Phi) is 4.78. The van der Waals surface area contributed by atoms with Crippen molar-refractivity contribution in [2.75, 3.05) is 26.2 Å². The van der Waals surface area contributed by atoms with Gasteiger partial charge in [0, 0.05) is 31.8 Å². The van der Waals surface area contributed by atoms with Crippen LogP contribution in [0.3, 0.4) is 0 Å². The quantitative estimate of drug-likeness (QED) is 0.541. The standard InChI is InChI=1S/C11H20N2O2/c1-3-15-11(14)5-4-6-13-7-9(2)10(12)8-13/h4-5,9-10H,3,6-8,12H2,1-2H3/b5-4+. The maximum atomic E-state index is 11.0. The third-order valence-electron chi connectivity index (χ3n) is 2.65. The van der Waals surface area contributed by atoms with E-state index in [1.165, 1.54) is 6.08 Å². The van der Waals surface area contributed by atoms with E-state index in [4.69, 9.17) is 10.5 Å². The molecule has 0 amide bonds. The highest BCUT2D eigenvalue weighted by Gasteiger charge is 2.25. The molecular weight excluding hydrogens is 192 g/mol. The van der Waals surface area contributed by atoms with Gasteiger partial charge in [-0.25, -0.2) is 4.79 Å². The first kappa shape index (κ1) is 12.2. The van der Waals surface area contributed by atoms with Crippen LogP contribution in [0, 0.1) is 5.92 Å². The van der Waals surface area contributed by atoms with Crippen LogP contribution in [0.5, 0.6) is 0 Å². The summed E-state index contributed by atoms with van der Waals surface area (Å²) in [5, 5.41) is 0. The van der Waals surface area contributed by atoms with Crippen molar-refractivity contribution in [3.63, 3.8) is 0 Å². The summed E-state index contributed by atoms with van der Waals surface area (Å²) in [5.74, 6) is 0.273. The Labute approximate surface area is 91.1 Å². The van der Waals surface area contributed by atoms with Gasteiger partial charge in [0.05, 0.1) is 6.61 Å². The Morgan fingerprint density at radius 1 is 1.60 bits per heavy atom. The summed E-state index contributed by atoms with van der Waals surface area (Å²) in [7, 11) is 0. The number of carbonyl (C=O) groups excluding carboxylic acids is 1. The minimum atomic E-state index is -0.269. The van der Waals surface area contributed by atoms with Gasteiger partial charge in [0.1, 0.15) is 0 Å². The second kappa shape index (κ2) is 5.88. The van der Waals surface area contributed by atoms with Crippen LogP contribution in [0.1, 0.15) is 13.8 Å². The summed E-state index contributed by atoms with van der Waals surface area (Å²) in [5.41, 5.74) is 5.89. The Hall–Kier alpha value is -0.870. The number of rotatable bonds is 4. The van der Waals surface area contributed by atoms with Crippen LogP contribution < -0.4 is 5.73 Å². The summed E-state index contributed by atoms with van der Waals surface area (Å²) in [6.07, 6.45) is 3.32. The lowest BCUT2D eigenvalue weighted by molar-refractivity contribution is -0.137. The molecule has 0 bridgehead atoms. The number of nitrogens with zero attached hydrogens (tertiary/aromatic N) is 1. The van der Waals surface area contributed by atoms with Crippen molar-refractivity contribution in [1.29, 1.82) is 0 Å². The first-order valence-corrected chi connectivity index (χ1v) is 5.44. The van der Waals surface area contributed by atoms with Gasteiger partial charge in [-0.1, -0.05) is 13.0 Å². The Morgan fingerprint density at radius 2 is 2.33 bits per heavy atom. The lowest BCUT2D eigenvalue weighted by atomic mass is 10.1. The fourth-order valence-electron chi connectivity index (χ4n) is 1.73. The van der Waals surface area contributed by atoms with E-state index in [9.17, 15) is 4.79 Å². The van der Waals surface area contributed by atoms with Crippen molar-refractivity contribution in [2.24, 2.45) is 11.7 Å². The van der Waals surface area contributed by atoms with Crippen LogP contribution >= 0.6 is 0 Å². The molecule has 1 fully saturated rings. The molecule has 86 valence electrons. The molecule has 2 N–H and O–H groups in total. The molecule has 0 saturated carbocycles. The minimum Gasteiger partial charge on any atom is -0.463 e. The van der Waals surface area contributed by atoms with Gasteiger partial charge in [-0.15, -0.1) is 0 Å². The summed E-state index contributed by atoms with van der Waals surface area (Å²) in [4.78, 5) is 13.2. The van der Waals surface area contributed by atoms with Crippen molar-refractivity contribution >= 4 is 5.97 Å². The van der Waals surface area contributed by atoms with E-state index in [1.54, 1.807) is 6.92 Å². The third kappa shape index (κ3) is 4.01. The van der Waals surface area contributed by atoms with E-state index >= 15 is 0 Å². The van der Waals surface area contributed by atoms with Crippen LogP contribution in [-0.2, 0) is 9.53 Å². The smallest absolute Gasteiger partial charge is 0.330 e. The zero-order valence-electron chi connectivity index (χ0n) is 9.48. The lowest BCUT2D eigenvalue weighted by Crippen LogP contribution is -2.28. The van der Waals surface area contributed by atoms with Gasteiger partial charge in [0.25, 0.3) is 0 Å². The predicted molar refractivity (Wildman–Crippen MR) is 59.4 cm³/mol. The summed E-state index contributed by atoms with van der Waals surface area (Å²) >= 11 is 0. The fraction of sp³-hybridized carbons (Fsp3) is 0.727. The van der Waals surface area contributed by atoms with Crippen molar-refractivity contribution in [1.82, 2.24) is 4.90 Å². The van der Waals surface area contributed by atoms with Crippen LogP contribution in [0.4, 0.5) is 0 Å². The number of hydrogen-bond donors (Lipinski definition) is 1. The van der Waals surface area contributed by atoms with Crippen molar-refractivity contribution in [3.05, 3.63) is 12.2 Å². The molecule has 1 rings (SSSR count). The number of likely N-dealkylation sites (tertiary alicyclic amines) is 1. The SMILES string of the molecule is CCOC(=O)/C=C/CN1CC(C)C(N)C1. The normalized spacial score (nSPS) is 27.4. The van der Waals surface area contributed by atoms with Gasteiger partial charge >= 0.3 is 5.97 Å². The molecule has 2 unspecified atom stereocenters. The lowest BCUT2D eigenvalue weighted by Gasteiger charge is -2.11. The predicted octanol–water partition coefficient (Wildman–Crippen LogP) is 0.385. The van der Waals surface area contributed by atoms with E-state index < -0.39 is 0 Å². The van der Waals surface area contributed by atoms with E-state index in [1.807, 2.05) is 6.08 Å². The van der Waals surface area contributed by atoms with Gasteiger partial charge in [-0.3, -0.25) is 4.90 Å². The molecule has 0 radical (unpaired) electrons. The molecule has 1 saturated heterocycles. The van der Waals surface area contributed by atoms with Gasteiger partial charge in [0.2, 0.25) is 0 Å². The first-order chi connectivity index (χ1) is 7.13. The van der Waals surface area contributed by atoms with Crippen LogP contribution in [0.15, 0.2) is 12.2 Å². The largest absolute Gasteiger partial charge is 0.463 e. The van der Waals surface area contributed by atoms with Gasteiger partial charge in [-0.2, -0.15) is 0 Å². The molecule has 0 aromatic carbocycles. The summed E-state index contributed by atoms with van der Waals surface area (Å²) in [6, 6.07) is 0.265. The second-order valence-electron chi connectivity index (χ2n) is 4.01. The summed E-state index contributed by atoms with van der Waals surface area (Å²) in [6.45, 7) is 7.07. The molecular formula is C11H20N2O2. The maximum absolute atomic E-state index is 11.0. The highest BCUT2D eigenvalue weighted by molar-refractivity contribution is 5.81. The van der Waals surface area contributed by atoms with Crippen molar-refractivity contribution in [2.45, 2.75) is 19.9 Å². The molecule has 1 aliphatic rings. The van der Waals surface area contributed by atoms with Gasteiger partial charge in [-0.05, 0) is 12.8 Å². The van der Waals surface area contributed by atoms with Crippen molar-refractivity contribution < 1.29 is 9.53 Å². The summed E-state index contributed by atoms with van der Waals surface area (Å²) < 4.78 is 4.78. The highest BCUT2D eigenvalue weighted by atomic mass is 16.5. The molecule has 4 heteroatoms. The number of carbonyl (C=O) groups is 1. The minimum absolute atomic E-state index is 0.265. The number of nitrogens with two attached hydrogens (primary N) is 1. The van der Waals surface area contributed by atoms with Crippen LogP contribution in [0.25, 0.3) is 0 Å². The molecule has 1 heterocycles. The average molecular weight is 212 g/mol. The van der Waals surface area contributed by atoms with Crippen LogP contribution in [-0.4, -0.2) is 43.2 Å². The molecule has 0 spiro atoms. The molecule has 4 nitrogen and oxygen atoms in total. The Balaban J connectivity index is 2.23. The highest BCUT2D eigenvalue weighted by Crippen LogP contribution is 2.13. The Morgan fingerprint density at radius 3 is 2.87 bits per heavy atom. The molecule has 0 aromatic rings. The molecule has 0 aromatic heterocycles. The molecule has 15 heavy (non-hydrogen) atoms. The molecule has 0 aliphatic carbocycles. The zero-order chi connectivity index (χ0) is 11.3. The zero-order valence-corrected chi connectivity index (χ0v) is 9.48.